The smallest absolute Gasteiger partial charge is 0.161 e. The summed E-state index contributed by atoms with van der Waals surface area (Å²) in [5.41, 5.74) is 6.84. The third kappa shape index (κ3) is 2.23. The summed E-state index contributed by atoms with van der Waals surface area (Å²) in [4.78, 5) is 7.54. The van der Waals surface area contributed by atoms with Crippen LogP contribution in [0.5, 0.6) is 0 Å². The molecule has 5 heteroatoms. The van der Waals surface area contributed by atoms with E-state index in [4.69, 9.17) is 5.73 Å². The second-order valence-electron chi connectivity index (χ2n) is 5.29. The SMILES string of the molecule is NCC1CCCCC1c1nc2cc(F)c(F)cc2[nH]1. The minimum Gasteiger partial charge on any atom is -0.342 e. The van der Waals surface area contributed by atoms with E-state index in [1.54, 1.807) is 0 Å². The van der Waals surface area contributed by atoms with Crippen LogP contribution in [0.3, 0.4) is 0 Å². The number of fused-ring (bicyclic) bond motifs is 1. The van der Waals surface area contributed by atoms with Crippen molar-refractivity contribution in [2.75, 3.05) is 6.54 Å². The highest BCUT2D eigenvalue weighted by Gasteiger charge is 2.28. The van der Waals surface area contributed by atoms with E-state index in [2.05, 4.69) is 9.97 Å². The maximum absolute atomic E-state index is 13.2. The van der Waals surface area contributed by atoms with Crippen LogP contribution in [-0.2, 0) is 0 Å². The van der Waals surface area contributed by atoms with Gasteiger partial charge in [0.15, 0.2) is 11.6 Å². The van der Waals surface area contributed by atoms with Crippen LogP contribution >= 0.6 is 0 Å². The fourth-order valence-electron chi connectivity index (χ4n) is 3.05. The van der Waals surface area contributed by atoms with E-state index in [0.29, 0.717) is 23.5 Å². The molecule has 1 aromatic carbocycles. The van der Waals surface area contributed by atoms with E-state index in [1.165, 1.54) is 12.5 Å². The molecule has 1 fully saturated rings. The highest BCUT2D eigenvalue weighted by Crippen LogP contribution is 2.36. The number of halogens is 2. The zero-order valence-corrected chi connectivity index (χ0v) is 10.6. The number of hydrogen-bond acceptors (Lipinski definition) is 2. The predicted molar refractivity (Wildman–Crippen MR) is 69.8 cm³/mol. The third-order valence-corrected chi connectivity index (χ3v) is 4.11. The number of nitrogens with two attached hydrogens (primary N) is 1. The van der Waals surface area contributed by atoms with Crippen molar-refractivity contribution in [3.05, 3.63) is 29.6 Å². The Kier molecular flexibility index (Phi) is 3.22. The molecule has 102 valence electrons. The van der Waals surface area contributed by atoms with Gasteiger partial charge in [-0.2, -0.15) is 0 Å². The molecule has 1 heterocycles. The highest BCUT2D eigenvalue weighted by molar-refractivity contribution is 5.75. The van der Waals surface area contributed by atoms with Crippen molar-refractivity contribution < 1.29 is 8.78 Å². The van der Waals surface area contributed by atoms with Gasteiger partial charge in [-0.05, 0) is 25.3 Å². The van der Waals surface area contributed by atoms with Gasteiger partial charge in [0, 0.05) is 18.1 Å². The Hall–Kier alpha value is -1.49. The van der Waals surface area contributed by atoms with Gasteiger partial charge in [0.2, 0.25) is 0 Å². The number of aromatic nitrogens is 2. The lowest BCUT2D eigenvalue weighted by molar-refractivity contribution is 0.306. The second kappa shape index (κ2) is 4.89. The van der Waals surface area contributed by atoms with Gasteiger partial charge in [0.05, 0.1) is 11.0 Å². The Morgan fingerprint density at radius 3 is 2.74 bits per heavy atom. The standard InChI is InChI=1S/C14H17F2N3/c15-10-5-12-13(6-11(10)16)19-14(18-12)9-4-2-1-3-8(9)7-17/h5-6,8-9H,1-4,7,17H2,(H,18,19). The summed E-state index contributed by atoms with van der Waals surface area (Å²) in [6, 6.07) is 2.31. The molecule has 19 heavy (non-hydrogen) atoms. The summed E-state index contributed by atoms with van der Waals surface area (Å²) in [6.45, 7) is 0.629. The van der Waals surface area contributed by atoms with E-state index in [-0.39, 0.29) is 5.92 Å². The van der Waals surface area contributed by atoms with Crippen LogP contribution in [0.4, 0.5) is 8.78 Å². The zero-order chi connectivity index (χ0) is 13.4. The summed E-state index contributed by atoms with van der Waals surface area (Å²) in [5.74, 6) is -0.206. The van der Waals surface area contributed by atoms with Crippen LogP contribution in [0.2, 0.25) is 0 Å². The lowest BCUT2D eigenvalue weighted by Gasteiger charge is -2.28. The molecule has 0 amide bonds. The Morgan fingerprint density at radius 1 is 1.21 bits per heavy atom. The van der Waals surface area contributed by atoms with Crippen molar-refractivity contribution in [3.8, 4) is 0 Å². The summed E-state index contributed by atoms with van der Waals surface area (Å²) < 4.78 is 26.4. The average Bonchev–Trinajstić information content (AvgIpc) is 2.82. The molecule has 1 aliphatic rings. The first-order valence-electron chi connectivity index (χ1n) is 6.73. The van der Waals surface area contributed by atoms with Gasteiger partial charge in [0.25, 0.3) is 0 Å². The van der Waals surface area contributed by atoms with Gasteiger partial charge < -0.3 is 10.7 Å². The Labute approximate surface area is 110 Å². The van der Waals surface area contributed by atoms with Gasteiger partial charge in [-0.1, -0.05) is 12.8 Å². The minimum atomic E-state index is -0.857. The quantitative estimate of drug-likeness (QED) is 0.876. The molecule has 0 aliphatic heterocycles. The molecule has 2 aromatic rings. The summed E-state index contributed by atoms with van der Waals surface area (Å²) in [6.07, 6.45) is 4.48. The Morgan fingerprint density at radius 2 is 1.95 bits per heavy atom. The molecule has 1 aromatic heterocycles. The first-order valence-corrected chi connectivity index (χ1v) is 6.73. The number of nitrogens with one attached hydrogen (secondary N) is 1. The molecule has 0 spiro atoms. The van der Waals surface area contributed by atoms with Crippen LogP contribution in [0.25, 0.3) is 11.0 Å². The van der Waals surface area contributed by atoms with E-state index < -0.39 is 11.6 Å². The lowest BCUT2D eigenvalue weighted by Crippen LogP contribution is -2.25. The molecule has 3 nitrogen and oxygen atoms in total. The summed E-state index contributed by atoms with van der Waals surface area (Å²) in [5, 5.41) is 0. The molecule has 2 unspecified atom stereocenters. The molecule has 3 rings (SSSR count). The van der Waals surface area contributed by atoms with E-state index in [1.807, 2.05) is 0 Å². The molecule has 2 atom stereocenters. The van der Waals surface area contributed by atoms with Gasteiger partial charge in [-0.3, -0.25) is 0 Å². The molecule has 1 aliphatic carbocycles. The molecule has 0 saturated heterocycles. The molecular weight excluding hydrogens is 248 g/mol. The molecule has 1 saturated carbocycles. The van der Waals surface area contributed by atoms with Crippen molar-refractivity contribution in [1.82, 2.24) is 9.97 Å². The predicted octanol–water partition coefficient (Wildman–Crippen LogP) is 3.07. The maximum Gasteiger partial charge on any atom is 0.161 e. The number of H-pyrrole nitrogens is 1. The molecule has 0 bridgehead atoms. The summed E-state index contributed by atoms with van der Waals surface area (Å²) >= 11 is 0. The van der Waals surface area contributed by atoms with Crippen molar-refractivity contribution >= 4 is 11.0 Å². The molecule has 3 N–H and O–H groups in total. The van der Waals surface area contributed by atoms with Crippen LogP contribution in [-0.4, -0.2) is 16.5 Å². The number of rotatable bonds is 2. The topological polar surface area (TPSA) is 54.7 Å². The Bertz CT molecular complexity index is 555. The maximum atomic E-state index is 13.2. The summed E-state index contributed by atoms with van der Waals surface area (Å²) in [7, 11) is 0. The van der Waals surface area contributed by atoms with Crippen LogP contribution in [0.1, 0.15) is 37.4 Å². The van der Waals surface area contributed by atoms with E-state index >= 15 is 0 Å². The van der Waals surface area contributed by atoms with Crippen molar-refractivity contribution in [2.24, 2.45) is 11.7 Å². The number of benzene rings is 1. The van der Waals surface area contributed by atoms with Gasteiger partial charge in [-0.25, -0.2) is 13.8 Å². The highest BCUT2D eigenvalue weighted by atomic mass is 19.2. The monoisotopic (exact) mass is 265 g/mol. The Balaban J connectivity index is 2.00. The van der Waals surface area contributed by atoms with Gasteiger partial charge >= 0.3 is 0 Å². The first-order chi connectivity index (χ1) is 9.19. The number of hydrogen-bond donors (Lipinski definition) is 2. The van der Waals surface area contributed by atoms with Crippen LogP contribution < -0.4 is 5.73 Å². The number of imidazole rings is 1. The largest absolute Gasteiger partial charge is 0.342 e. The fourth-order valence-corrected chi connectivity index (χ4v) is 3.05. The molecule has 0 radical (unpaired) electrons. The van der Waals surface area contributed by atoms with Gasteiger partial charge in [0.1, 0.15) is 5.82 Å². The van der Waals surface area contributed by atoms with Crippen molar-refractivity contribution in [2.45, 2.75) is 31.6 Å². The second-order valence-corrected chi connectivity index (χ2v) is 5.29. The fraction of sp³-hybridized carbons (Fsp3) is 0.500. The molecular formula is C14H17F2N3. The van der Waals surface area contributed by atoms with E-state index in [9.17, 15) is 8.78 Å². The third-order valence-electron chi connectivity index (χ3n) is 4.11. The number of aromatic amines is 1. The van der Waals surface area contributed by atoms with E-state index in [0.717, 1.165) is 31.2 Å². The number of nitrogens with zero attached hydrogens (tertiary/aromatic N) is 1. The average molecular weight is 265 g/mol. The lowest BCUT2D eigenvalue weighted by atomic mass is 9.79. The normalized spacial score (nSPS) is 23.9. The van der Waals surface area contributed by atoms with Gasteiger partial charge in [-0.15, -0.1) is 0 Å². The van der Waals surface area contributed by atoms with Crippen molar-refractivity contribution in [3.63, 3.8) is 0 Å². The van der Waals surface area contributed by atoms with Crippen LogP contribution in [0, 0.1) is 17.6 Å². The zero-order valence-electron chi connectivity index (χ0n) is 10.6. The first kappa shape index (κ1) is 12.5. The van der Waals surface area contributed by atoms with Crippen molar-refractivity contribution in [1.29, 1.82) is 0 Å². The minimum absolute atomic E-state index is 0.275. The van der Waals surface area contributed by atoms with Crippen LogP contribution in [0.15, 0.2) is 12.1 Å².